The van der Waals surface area contributed by atoms with E-state index in [1.807, 2.05) is 26.0 Å². The molecule has 0 atom stereocenters. The van der Waals surface area contributed by atoms with Crippen LogP contribution in [0.1, 0.15) is 11.1 Å². The molecule has 0 spiro atoms. The Hall–Kier alpha value is -1.74. The van der Waals surface area contributed by atoms with Crippen LogP contribution in [0.2, 0.25) is 5.02 Å². The van der Waals surface area contributed by atoms with Crippen molar-refractivity contribution in [3.05, 3.63) is 46.6 Å². The molecule has 2 N–H and O–H groups in total. The monoisotopic (exact) mass is 248 g/mol. The lowest BCUT2D eigenvalue weighted by Gasteiger charge is -2.10. The number of rotatable bonds is 2. The zero-order chi connectivity index (χ0) is 12.4. The van der Waals surface area contributed by atoms with Crippen LogP contribution in [-0.4, -0.2) is 4.98 Å². The fourth-order valence-electron chi connectivity index (χ4n) is 1.50. The summed E-state index contributed by atoms with van der Waals surface area (Å²) < 4.78 is 5.66. The first-order chi connectivity index (χ1) is 8.06. The molecule has 0 aliphatic heterocycles. The Morgan fingerprint density at radius 1 is 1.24 bits per heavy atom. The smallest absolute Gasteiger partial charge is 0.242 e. The van der Waals surface area contributed by atoms with E-state index in [4.69, 9.17) is 22.1 Å². The lowest BCUT2D eigenvalue weighted by molar-refractivity contribution is 0.462. The van der Waals surface area contributed by atoms with Gasteiger partial charge in [0.15, 0.2) is 0 Å². The molecule has 1 aromatic carbocycles. The van der Waals surface area contributed by atoms with E-state index in [1.165, 1.54) is 0 Å². The predicted octanol–water partition coefficient (Wildman–Crippen LogP) is 3.73. The number of aromatic nitrogens is 1. The molecule has 0 unspecified atom stereocenters. The summed E-state index contributed by atoms with van der Waals surface area (Å²) >= 11 is 5.88. The first-order valence-corrected chi connectivity index (χ1v) is 5.60. The van der Waals surface area contributed by atoms with Gasteiger partial charge in [0.2, 0.25) is 5.88 Å². The molecule has 2 rings (SSSR count). The maximum Gasteiger partial charge on any atom is 0.242 e. The van der Waals surface area contributed by atoms with Gasteiger partial charge >= 0.3 is 0 Å². The molecule has 4 heteroatoms. The number of halogens is 1. The Labute approximate surface area is 105 Å². The van der Waals surface area contributed by atoms with Crippen molar-refractivity contribution in [1.82, 2.24) is 4.98 Å². The molecule has 3 nitrogen and oxygen atoms in total. The van der Waals surface area contributed by atoms with Gasteiger partial charge in [0.05, 0.1) is 5.69 Å². The number of ether oxygens (including phenoxy) is 1. The van der Waals surface area contributed by atoms with Gasteiger partial charge in [0.25, 0.3) is 0 Å². The van der Waals surface area contributed by atoms with Crippen LogP contribution in [0, 0.1) is 13.8 Å². The van der Waals surface area contributed by atoms with Gasteiger partial charge in [-0.2, -0.15) is 0 Å². The fourth-order valence-corrected chi connectivity index (χ4v) is 1.72. The third-order valence-electron chi connectivity index (χ3n) is 2.36. The zero-order valence-corrected chi connectivity index (χ0v) is 10.5. The van der Waals surface area contributed by atoms with E-state index >= 15 is 0 Å². The zero-order valence-electron chi connectivity index (χ0n) is 9.70. The van der Waals surface area contributed by atoms with Crippen LogP contribution in [0.25, 0.3) is 0 Å². The van der Waals surface area contributed by atoms with E-state index in [0.29, 0.717) is 22.3 Å². The van der Waals surface area contributed by atoms with Crippen molar-refractivity contribution in [2.75, 3.05) is 5.73 Å². The summed E-state index contributed by atoms with van der Waals surface area (Å²) in [7, 11) is 0. The summed E-state index contributed by atoms with van der Waals surface area (Å²) in [6, 6.07) is 7.24. The van der Waals surface area contributed by atoms with Gasteiger partial charge < -0.3 is 10.5 Å². The number of nitrogens with two attached hydrogens (primary N) is 1. The minimum atomic E-state index is 0.418. The van der Waals surface area contributed by atoms with E-state index in [0.717, 1.165) is 11.1 Å². The Morgan fingerprint density at radius 3 is 2.65 bits per heavy atom. The van der Waals surface area contributed by atoms with Crippen LogP contribution in [0.15, 0.2) is 30.5 Å². The highest BCUT2D eigenvalue weighted by atomic mass is 35.5. The minimum Gasteiger partial charge on any atom is -0.437 e. The van der Waals surface area contributed by atoms with Crippen molar-refractivity contribution in [2.24, 2.45) is 0 Å². The quantitative estimate of drug-likeness (QED) is 0.881. The summed E-state index contributed by atoms with van der Waals surface area (Å²) in [5, 5.41) is 0.680. The SMILES string of the molecule is Cc1cnc(Oc2ccc(Cl)cc2C)c(N)c1. The van der Waals surface area contributed by atoms with Crippen molar-refractivity contribution < 1.29 is 4.74 Å². The van der Waals surface area contributed by atoms with E-state index in [1.54, 1.807) is 18.3 Å². The molecular weight excluding hydrogens is 236 g/mol. The van der Waals surface area contributed by atoms with E-state index in [9.17, 15) is 0 Å². The standard InChI is InChI=1S/C13H13ClN2O/c1-8-5-11(15)13(16-7-8)17-12-4-3-10(14)6-9(12)2/h3-7H,15H2,1-2H3. The van der Waals surface area contributed by atoms with Crippen LogP contribution < -0.4 is 10.5 Å². The Morgan fingerprint density at radius 2 is 2.00 bits per heavy atom. The molecular formula is C13H13ClN2O. The summed E-state index contributed by atoms with van der Waals surface area (Å²) in [6.45, 7) is 3.85. The van der Waals surface area contributed by atoms with Crippen LogP contribution in [0.4, 0.5) is 5.69 Å². The molecule has 1 aromatic heterocycles. The highest BCUT2D eigenvalue weighted by molar-refractivity contribution is 6.30. The number of aryl methyl sites for hydroxylation is 2. The molecule has 2 aromatic rings. The van der Waals surface area contributed by atoms with Gasteiger partial charge in [-0.05, 0) is 49.2 Å². The van der Waals surface area contributed by atoms with Crippen molar-refractivity contribution in [3.8, 4) is 11.6 Å². The largest absolute Gasteiger partial charge is 0.437 e. The molecule has 88 valence electrons. The molecule has 0 amide bonds. The summed E-state index contributed by atoms with van der Waals surface area (Å²) in [6.07, 6.45) is 1.72. The topological polar surface area (TPSA) is 48.1 Å². The Balaban J connectivity index is 2.31. The predicted molar refractivity (Wildman–Crippen MR) is 69.6 cm³/mol. The number of pyridine rings is 1. The summed E-state index contributed by atoms with van der Waals surface area (Å²) in [5.74, 6) is 1.12. The van der Waals surface area contributed by atoms with Crippen molar-refractivity contribution >= 4 is 17.3 Å². The van der Waals surface area contributed by atoms with Crippen LogP contribution in [-0.2, 0) is 0 Å². The van der Waals surface area contributed by atoms with Crippen molar-refractivity contribution in [2.45, 2.75) is 13.8 Å². The second kappa shape index (κ2) is 4.63. The minimum absolute atomic E-state index is 0.418. The normalized spacial score (nSPS) is 10.3. The molecule has 0 saturated carbocycles. The third-order valence-corrected chi connectivity index (χ3v) is 2.59. The summed E-state index contributed by atoms with van der Waals surface area (Å²) in [4.78, 5) is 4.16. The number of anilines is 1. The Bertz CT molecular complexity index is 506. The molecule has 0 bridgehead atoms. The lowest BCUT2D eigenvalue weighted by Crippen LogP contribution is -1.96. The number of hydrogen-bond acceptors (Lipinski definition) is 3. The maximum atomic E-state index is 5.88. The molecule has 0 aliphatic rings. The number of nitrogens with zero attached hydrogens (tertiary/aromatic N) is 1. The third kappa shape index (κ3) is 2.68. The first kappa shape index (κ1) is 11.7. The molecule has 17 heavy (non-hydrogen) atoms. The van der Waals surface area contributed by atoms with Gasteiger partial charge in [0.1, 0.15) is 5.75 Å². The fraction of sp³-hybridized carbons (Fsp3) is 0.154. The lowest BCUT2D eigenvalue weighted by atomic mass is 10.2. The van der Waals surface area contributed by atoms with Crippen LogP contribution >= 0.6 is 11.6 Å². The number of nitrogen functional groups attached to an aromatic ring is 1. The molecule has 0 aliphatic carbocycles. The van der Waals surface area contributed by atoms with Gasteiger partial charge in [-0.3, -0.25) is 0 Å². The van der Waals surface area contributed by atoms with Gasteiger partial charge in [-0.15, -0.1) is 0 Å². The molecule has 1 heterocycles. The Kier molecular flexibility index (Phi) is 3.20. The molecule has 0 saturated heterocycles. The summed E-state index contributed by atoms with van der Waals surface area (Å²) in [5.41, 5.74) is 8.31. The molecule has 0 fully saturated rings. The number of benzene rings is 1. The average Bonchev–Trinajstić information content (AvgIpc) is 2.25. The van der Waals surface area contributed by atoms with E-state index < -0.39 is 0 Å². The van der Waals surface area contributed by atoms with E-state index in [2.05, 4.69) is 4.98 Å². The highest BCUT2D eigenvalue weighted by Crippen LogP contribution is 2.29. The van der Waals surface area contributed by atoms with Crippen molar-refractivity contribution in [3.63, 3.8) is 0 Å². The number of hydrogen-bond donors (Lipinski definition) is 1. The second-order valence-electron chi connectivity index (χ2n) is 3.92. The van der Waals surface area contributed by atoms with Crippen LogP contribution in [0.3, 0.4) is 0 Å². The average molecular weight is 249 g/mol. The first-order valence-electron chi connectivity index (χ1n) is 5.22. The van der Waals surface area contributed by atoms with E-state index in [-0.39, 0.29) is 0 Å². The van der Waals surface area contributed by atoms with Crippen molar-refractivity contribution in [1.29, 1.82) is 0 Å². The maximum absolute atomic E-state index is 5.88. The van der Waals surface area contributed by atoms with Gasteiger partial charge in [-0.25, -0.2) is 4.98 Å². The van der Waals surface area contributed by atoms with Gasteiger partial charge in [-0.1, -0.05) is 11.6 Å². The second-order valence-corrected chi connectivity index (χ2v) is 4.36. The highest BCUT2D eigenvalue weighted by Gasteiger charge is 2.06. The molecule has 0 radical (unpaired) electrons. The van der Waals surface area contributed by atoms with Gasteiger partial charge in [0, 0.05) is 11.2 Å². The van der Waals surface area contributed by atoms with Crippen LogP contribution in [0.5, 0.6) is 11.6 Å².